The average Bonchev–Trinajstić information content (AvgIpc) is 3.07. The topological polar surface area (TPSA) is 89.6 Å². The largest absolute Gasteiger partial charge is 0.305 e. The second-order valence-corrected chi connectivity index (χ2v) is 10.4. The van der Waals surface area contributed by atoms with Gasteiger partial charge in [-0.05, 0) is 42.3 Å². The van der Waals surface area contributed by atoms with Gasteiger partial charge in [0.2, 0.25) is 5.78 Å². The molecule has 43 heavy (non-hydrogen) atoms. The maximum Gasteiger partial charge on any atom is 0.213 e. The molecule has 7 nitrogen and oxygen atoms in total. The quantitative estimate of drug-likeness (QED) is 0.0966. The predicted octanol–water partition coefficient (Wildman–Crippen LogP) is 8.26. The minimum absolute atomic E-state index is 0.0927. The Morgan fingerprint density at radius 3 is 1.74 bits per heavy atom. The van der Waals surface area contributed by atoms with Crippen LogP contribution >= 0.6 is 0 Å². The summed E-state index contributed by atoms with van der Waals surface area (Å²) in [5.41, 5.74) is 23.5. The van der Waals surface area contributed by atoms with E-state index in [0.29, 0.717) is 11.3 Å². The Kier molecular flexibility index (Phi) is 7.03. The van der Waals surface area contributed by atoms with Gasteiger partial charge in [0, 0.05) is 39.2 Å². The van der Waals surface area contributed by atoms with Crippen molar-refractivity contribution in [1.82, 2.24) is 5.43 Å². The summed E-state index contributed by atoms with van der Waals surface area (Å²) in [5, 5.41) is 8.65. The van der Waals surface area contributed by atoms with E-state index in [-0.39, 0.29) is 5.78 Å². The van der Waals surface area contributed by atoms with Crippen LogP contribution in [0, 0.1) is 0 Å². The molecule has 0 aliphatic heterocycles. The number of carbonyl (C=O) groups is 1. The molecule has 0 saturated carbocycles. The number of nitrogens with zero attached hydrogens (tertiary/aromatic N) is 1. The summed E-state index contributed by atoms with van der Waals surface area (Å²) in [5.74, 6) is -0.0927. The highest BCUT2D eigenvalue weighted by Gasteiger charge is 2.19. The van der Waals surface area contributed by atoms with Crippen LogP contribution in [0.1, 0.15) is 28.8 Å². The first-order chi connectivity index (χ1) is 21.2. The predicted molar refractivity (Wildman–Crippen MR) is 179 cm³/mol. The Bertz CT molecular complexity index is 1990. The second kappa shape index (κ2) is 11.6. The molecular formula is C36H30N6O. The number of rotatable bonds is 8. The summed E-state index contributed by atoms with van der Waals surface area (Å²) in [6, 6.07) is 32.1. The van der Waals surface area contributed by atoms with E-state index >= 15 is 0 Å². The maximum absolute atomic E-state index is 12.9. The van der Waals surface area contributed by atoms with Crippen molar-refractivity contribution in [2.45, 2.75) is 12.8 Å². The molecule has 0 aromatic heterocycles. The van der Waals surface area contributed by atoms with E-state index in [4.69, 9.17) is 0 Å². The van der Waals surface area contributed by atoms with E-state index in [1.54, 1.807) is 6.08 Å². The number of benzene rings is 5. The van der Waals surface area contributed by atoms with E-state index in [9.17, 15) is 4.79 Å². The molecular weight excluding hydrogens is 532 g/mol. The van der Waals surface area contributed by atoms with E-state index < -0.39 is 0 Å². The molecule has 0 heterocycles. The minimum atomic E-state index is -0.0927. The lowest BCUT2D eigenvalue weighted by Gasteiger charge is -2.19. The summed E-state index contributed by atoms with van der Waals surface area (Å²) in [6.45, 7) is 0. The first kappa shape index (κ1) is 26.1. The monoisotopic (exact) mass is 562 g/mol. The fraction of sp³-hybridized carbons (Fsp3) is 0.0556. The summed E-state index contributed by atoms with van der Waals surface area (Å²) in [4.78, 5) is 12.9. The molecule has 7 heteroatoms. The smallest absolute Gasteiger partial charge is 0.213 e. The number of nitrogens with one attached hydrogen (secondary N) is 5. The molecule has 0 unspecified atom stereocenters. The number of hydrogen-bond acceptors (Lipinski definition) is 7. The van der Waals surface area contributed by atoms with Crippen LogP contribution in [0.3, 0.4) is 0 Å². The first-order valence-electron chi connectivity index (χ1n) is 14.3. The standard InChI is InChI=1S/C36H30N6O/c43-36-26-13-5-4-10-24(26)18-19-35(36)42-41-34-23-22-33(29-16-8-9-17-30(29)34)40-39-32-21-20-31(27-14-6-7-15-28(27)32)38-37-25-11-2-1-3-12-25/h1-2,4-10,12-23,37-41H,3,11H2/b42-35-. The molecule has 2 aliphatic carbocycles. The molecule has 7 rings (SSSR count). The van der Waals surface area contributed by atoms with E-state index in [2.05, 4.69) is 80.8 Å². The van der Waals surface area contributed by atoms with Crippen LogP contribution in [0.25, 0.3) is 27.6 Å². The molecule has 0 amide bonds. The van der Waals surface area contributed by atoms with E-state index in [1.807, 2.05) is 72.8 Å². The van der Waals surface area contributed by atoms with Gasteiger partial charge in [-0.3, -0.25) is 10.2 Å². The van der Waals surface area contributed by atoms with E-state index in [0.717, 1.165) is 62.7 Å². The van der Waals surface area contributed by atoms with Crippen LogP contribution < -0.4 is 27.1 Å². The number of allylic oxidation sites excluding steroid dienone is 4. The highest BCUT2D eigenvalue weighted by atomic mass is 16.1. The number of anilines is 4. The number of carbonyl (C=O) groups excluding carboxylic acids is 1. The molecule has 0 bridgehead atoms. The molecule has 2 aliphatic rings. The van der Waals surface area contributed by atoms with Crippen molar-refractivity contribution in [2.24, 2.45) is 5.10 Å². The van der Waals surface area contributed by atoms with Crippen LogP contribution in [0.2, 0.25) is 0 Å². The second-order valence-electron chi connectivity index (χ2n) is 10.4. The van der Waals surface area contributed by atoms with Gasteiger partial charge in [0.25, 0.3) is 0 Å². The van der Waals surface area contributed by atoms with Gasteiger partial charge < -0.3 is 21.7 Å². The van der Waals surface area contributed by atoms with Crippen molar-refractivity contribution in [3.8, 4) is 0 Å². The van der Waals surface area contributed by atoms with Gasteiger partial charge in [-0.15, -0.1) is 0 Å². The number of fused-ring (bicyclic) bond motifs is 3. The fourth-order valence-corrected chi connectivity index (χ4v) is 5.45. The number of hydrogen-bond donors (Lipinski definition) is 5. The van der Waals surface area contributed by atoms with Gasteiger partial charge in [0.15, 0.2) is 0 Å². The van der Waals surface area contributed by atoms with Crippen molar-refractivity contribution in [1.29, 1.82) is 0 Å². The van der Waals surface area contributed by atoms with Crippen LogP contribution in [0.5, 0.6) is 0 Å². The third-order valence-corrected chi connectivity index (χ3v) is 7.70. The van der Waals surface area contributed by atoms with Gasteiger partial charge in [-0.2, -0.15) is 5.10 Å². The molecule has 0 radical (unpaired) electrons. The SMILES string of the molecule is O=C1/C(=N\Nc2ccc(NNc3ccc(NNC4=CCC=CC4)c4ccccc34)c3ccccc23)C=Cc2ccccc21. The van der Waals surface area contributed by atoms with Crippen molar-refractivity contribution >= 4 is 61.9 Å². The molecule has 0 atom stereocenters. The highest BCUT2D eigenvalue weighted by molar-refractivity contribution is 6.52. The molecule has 0 fully saturated rings. The lowest BCUT2D eigenvalue weighted by Crippen LogP contribution is -2.21. The molecule has 5 N–H and O–H groups in total. The molecule has 210 valence electrons. The maximum atomic E-state index is 12.9. The zero-order valence-corrected chi connectivity index (χ0v) is 23.4. The van der Waals surface area contributed by atoms with E-state index in [1.165, 1.54) is 5.70 Å². The summed E-state index contributed by atoms with van der Waals surface area (Å²) < 4.78 is 0. The van der Waals surface area contributed by atoms with Crippen LogP contribution in [0.4, 0.5) is 22.7 Å². The molecule has 0 spiro atoms. The van der Waals surface area contributed by atoms with Crippen LogP contribution in [-0.2, 0) is 0 Å². The summed E-state index contributed by atoms with van der Waals surface area (Å²) in [7, 11) is 0. The number of hydrazine groups is 2. The van der Waals surface area contributed by atoms with Crippen molar-refractivity contribution in [3.05, 3.63) is 138 Å². The zero-order chi connectivity index (χ0) is 29.0. The average molecular weight is 563 g/mol. The lowest BCUT2D eigenvalue weighted by atomic mass is 9.95. The Morgan fingerprint density at radius 2 is 1.12 bits per heavy atom. The first-order valence-corrected chi connectivity index (χ1v) is 14.3. The third-order valence-electron chi connectivity index (χ3n) is 7.70. The van der Waals surface area contributed by atoms with Crippen molar-refractivity contribution < 1.29 is 4.79 Å². The van der Waals surface area contributed by atoms with Gasteiger partial charge in [-0.1, -0.05) is 97.1 Å². The van der Waals surface area contributed by atoms with Gasteiger partial charge >= 0.3 is 0 Å². The Balaban J connectivity index is 1.11. The Hall–Kier alpha value is -5.82. The normalized spacial score (nSPS) is 14.8. The van der Waals surface area contributed by atoms with Crippen molar-refractivity contribution in [3.63, 3.8) is 0 Å². The Morgan fingerprint density at radius 1 is 0.558 bits per heavy atom. The van der Waals surface area contributed by atoms with Crippen molar-refractivity contribution in [2.75, 3.05) is 21.7 Å². The number of hydrazone groups is 1. The number of Topliss-reactive ketones (excluding diaryl/α,β-unsaturated/α-hetero) is 1. The minimum Gasteiger partial charge on any atom is -0.305 e. The zero-order valence-electron chi connectivity index (χ0n) is 23.4. The molecule has 0 saturated heterocycles. The highest BCUT2D eigenvalue weighted by Crippen LogP contribution is 2.33. The number of ketones is 1. The summed E-state index contributed by atoms with van der Waals surface area (Å²) >= 11 is 0. The Labute approximate surface area is 249 Å². The molecule has 5 aromatic rings. The lowest BCUT2D eigenvalue weighted by molar-refractivity contribution is 0.106. The van der Waals surface area contributed by atoms with Crippen LogP contribution in [0.15, 0.2) is 132 Å². The van der Waals surface area contributed by atoms with Crippen LogP contribution in [-0.4, -0.2) is 11.5 Å². The van der Waals surface area contributed by atoms with Gasteiger partial charge in [0.05, 0.1) is 22.7 Å². The third kappa shape index (κ3) is 5.31. The summed E-state index contributed by atoms with van der Waals surface area (Å²) in [6.07, 6.45) is 12.1. The fourth-order valence-electron chi connectivity index (χ4n) is 5.45. The van der Waals surface area contributed by atoms with Gasteiger partial charge in [0.1, 0.15) is 5.71 Å². The van der Waals surface area contributed by atoms with Gasteiger partial charge in [-0.25, -0.2) is 0 Å². The molecule has 5 aromatic carbocycles.